The van der Waals surface area contributed by atoms with Crippen LogP contribution < -0.4 is 5.73 Å². The molecule has 1 aromatic rings. The van der Waals surface area contributed by atoms with Crippen molar-refractivity contribution in [3.63, 3.8) is 0 Å². The van der Waals surface area contributed by atoms with Crippen LogP contribution in [-0.2, 0) is 6.54 Å². The van der Waals surface area contributed by atoms with E-state index in [1.165, 1.54) is 5.56 Å². The molecule has 1 aliphatic heterocycles. The van der Waals surface area contributed by atoms with Gasteiger partial charge in [0.1, 0.15) is 0 Å². The van der Waals surface area contributed by atoms with Crippen molar-refractivity contribution in [3.8, 4) is 0 Å². The summed E-state index contributed by atoms with van der Waals surface area (Å²) in [5.74, 6) is 0. The Morgan fingerprint density at radius 1 is 1.38 bits per heavy atom. The first kappa shape index (κ1) is 11.6. The van der Waals surface area contributed by atoms with Gasteiger partial charge in [-0.05, 0) is 24.9 Å². The number of nitrogens with zero attached hydrogens (tertiary/aromatic N) is 1. The van der Waals surface area contributed by atoms with Crippen molar-refractivity contribution in [1.29, 1.82) is 0 Å². The van der Waals surface area contributed by atoms with Crippen molar-refractivity contribution in [2.24, 2.45) is 5.73 Å². The van der Waals surface area contributed by atoms with Crippen LogP contribution in [-0.4, -0.2) is 35.2 Å². The van der Waals surface area contributed by atoms with Gasteiger partial charge in [-0.25, -0.2) is 0 Å². The highest BCUT2D eigenvalue weighted by atomic mass is 16.3. The van der Waals surface area contributed by atoms with Gasteiger partial charge in [0.25, 0.3) is 0 Å². The zero-order valence-electron chi connectivity index (χ0n) is 9.55. The first-order chi connectivity index (χ1) is 7.81. The van der Waals surface area contributed by atoms with Gasteiger partial charge in [-0.1, -0.05) is 30.3 Å². The number of aliphatic hydroxyl groups excluding tert-OH is 1. The van der Waals surface area contributed by atoms with E-state index in [0.29, 0.717) is 6.54 Å². The second-order valence-electron chi connectivity index (χ2n) is 4.47. The quantitative estimate of drug-likeness (QED) is 0.795. The van der Waals surface area contributed by atoms with Crippen LogP contribution in [0.1, 0.15) is 18.4 Å². The summed E-state index contributed by atoms with van der Waals surface area (Å²) >= 11 is 0. The molecule has 1 aromatic carbocycles. The molecule has 16 heavy (non-hydrogen) atoms. The summed E-state index contributed by atoms with van der Waals surface area (Å²) in [5.41, 5.74) is 6.84. The Kier molecular flexibility index (Phi) is 3.93. The predicted molar refractivity (Wildman–Crippen MR) is 64.9 cm³/mol. The molecule has 1 saturated heterocycles. The van der Waals surface area contributed by atoms with Gasteiger partial charge in [0.05, 0.1) is 6.10 Å². The maximum Gasteiger partial charge on any atom is 0.0817 e. The van der Waals surface area contributed by atoms with Crippen molar-refractivity contribution in [2.45, 2.75) is 31.5 Å². The van der Waals surface area contributed by atoms with Crippen LogP contribution in [0.4, 0.5) is 0 Å². The van der Waals surface area contributed by atoms with Crippen LogP contribution in [0.3, 0.4) is 0 Å². The molecule has 3 N–H and O–H groups in total. The topological polar surface area (TPSA) is 49.5 Å². The fourth-order valence-electron chi connectivity index (χ4n) is 2.46. The summed E-state index contributed by atoms with van der Waals surface area (Å²) in [7, 11) is 0. The maximum absolute atomic E-state index is 9.84. The Morgan fingerprint density at radius 3 is 2.81 bits per heavy atom. The number of hydrogen-bond acceptors (Lipinski definition) is 3. The van der Waals surface area contributed by atoms with Crippen molar-refractivity contribution in [2.75, 3.05) is 13.1 Å². The molecule has 3 nitrogen and oxygen atoms in total. The number of hydrogen-bond donors (Lipinski definition) is 2. The van der Waals surface area contributed by atoms with Gasteiger partial charge in [-0.3, -0.25) is 4.90 Å². The monoisotopic (exact) mass is 220 g/mol. The molecular formula is C13H20N2O. The van der Waals surface area contributed by atoms with E-state index in [1.54, 1.807) is 0 Å². The molecule has 3 heteroatoms. The van der Waals surface area contributed by atoms with Crippen molar-refractivity contribution >= 4 is 0 Å². The van der Waals surface area contributed by atoms with Gasteiger partial charge >= 0.3 is 0 Å². The van der Waals surface area contributed by atoms with E-state index in [9.17, 15) is 5.11 Å². The highest BCUT2D eigenvalue weighted by Gasteiger charge is 2.29. The molecule has 0 amide bonds. The number of benzene rings is 1. The van der Waals surface area contributed by atoms with Crippen LogP contribution in [0.25, 0.3) is 0 Å². The predicted octanol–water partition coefficient (Wildman–Crippen LogP) is 0.971. The fourth-order valence-corrected chi connectivity index (χ4v) is 2.46. The lowest BCUT2D eigenvalue weighted by atomic mass is 10.1. The summed E-state index contributed by atoms with van der Waals surface area (Å²) in [6.07, 6.45) is 1.84. The van der Waals surface area contributed by atoms with E-state index in [1.807, 2.05) is 6.07 Å². The van der Waals surface area contributed by atoms with E-state index in [4.69, 9.17) is 5.73 Å². The van der Waals surface area contributed by atoms with Gasteiger partial charge in [-0.15, -0.1) is 0 Å². The number of likely N-dealkylation sites (tertiary alicyclic amines) is 1. The molecular weight excluding hydrogens is 200 g/mol. The van der Waals surface area contributed by atoms with Crippen LogP contribution >= 0.6 is 0 Å². The molecule has 0 aromatic heterocycles. The van der Waals surface area contributed by atoms with Crippen molar-refractivity contribution < 1.29 is 5.11 Å². The Labute approximate surface area is 96.9 Å². The SMILES string of the molecule is NC[C@@H](O)C1CCCN1Cc1ccccc1. The molecule has 1 fully saturated rings. The van der Waals surface area contributed by atoms with E-state index in [2.05, 4.69) is 29.2 Å². The Hall–Kier alpha value is -0.900. The molecule has 0 spiro atoms. The summed E-state index contributed by atoms with van der Waals surface area (Å²) in [4.78, 5) is 2.34. The van der Waals surface area contributed by atoms with E-state index in [0.717, 1.165) is 25.9 Å². The average molecular weight is 220 g/mol. The first-order valence-corrected chi connectivity index (χ1v) is 5.97. The van der Waals surface area contributed by atoms with Gasteiger partial charge in [-0.2, -0.15) is 0 Å². The third kappa shape index (κ3) is 2.61. The highest BCUT2D eigenvalue weighted by molar-refractivity contribution is 5.14. The minimum absolute atomic E-state index is 0.241. The molecule has 0 bridgehead atoms. The maximum atomic E-state index is 9.84. The van der Waals surface area contributed by atoms with Gasteiger partial charge in [0.2, 0.25) is 0 Å². The summed E-state index contributed by atoms with van der Waals surface area (Å²) in [6, 6.07) is 10.6. The largest absolute Gasteiger partial charge is 0.390 e. The van der Waals surface area contributed by atoms with E-state index < -0.39 is 0 Å². The lowest BCUT2D eigenvalue weighted by molar-refractivity contribution is 0.0753. The molecule has 1 unspecified atom stereocenters. The molecule has 1 heterocycles. The first-order valence-electron chi connectivity index (χ1n) is 5.97. The van der Waals surface area contributed by atoms with Gasteiger partial charge < -0.3 is 10.8 Å². The Morgan fingerprint density at radius 2 is 2.12 bits per heavy atom. The zero-order chi connectivity index (χ0) is 11.4. The molecule has 0 radical (unpaired) electrons. The Balaban J connectivity index is 1.99. The third-order valence-electron chi connectivity index (χ3n) is 3.33. The lowest BCUT2D eigenvalue weighted by Crippen LogP contribution is -2.42. The minimum atomic E-state index is -0.383. The smallest absolute Gasteiger partial charge is 0.0817 e. The number of rotatable bonds is 4. The highest BCUT2D eigenvalue weighted by Crippen LogP contribution is 2.22. The molecule has 1 aliphatic rings. The average Bonchev–Trinajstić information content (AvgIpc) is 2.77. The zero-order valence-corrected chi connectivity index (χ0v) is 9.55. The fraction of sp³-hybridized carbons (Fsp3) is 0.538. The van der Waals surface area contributed by atoms with Crippen LogP contribution in [0.15, 0.2) is 30.3 Å². The molecule has 0 saturated carbocycles. The lowest BCUT2D eigenvalue weighted by Gasteiger charge is -2.27. The standard InChI is InChI=1S/C13H20N2O/c14-9-13(16)12-7-4-8-15(12)10-11-5-2-1-3-6-11/h1-3,5-6,12-13,16H,4,7-10,14H2/t12?,13-/m1/s1. The third-order valence-corrected chi connectivity index (χ3v) is 3.33. The second-order valence-corrected chi connectivity index (χ2v) is 4.47. The van der Waals surface area contributed by atoms with Crippen LogP contribution in [0.5, 0.6) is 0 Å². The van der Waals surface area contributed by atoms with E-state index in [-0.39, 0.29) is 12.1 Å². The summed E-state index contributed by atoms with van der Waals surface area (Å²) in [6.45, 7) is 2.34. The van der Waals surface area contributed by atoms with Crippen LogP contribution in [0.2, 0.25) is 0 Å². The van der Waals surface area contributed by atoms with Crippen molar-refractivity contribution in [1.82, 2.24) is 4.90 Å². The summed E-state index contributed by atoms with van der Waals surface area (Å²) in [5, 5.41) is 9.84. The van der Waals surface area contributed by atoms with Crippen LogP contribution in [0, 0.1) is 0 Å². The normalized spacial score (nSPS) is 23.5. The summed E-state index contributed by atoms with van der Waals surface area (Å²) < 4.78 is 0. The molecule has 2 atom stereocenters. The molecule has 0 aliphatic carbocycles. The number of aliphatic hydroxyl groups is 1. The van der Waals surface area contributed by atoms with E-state index >= 15 is 0 Å². The minimum Gasteiger partial charge on any atom is -0.390 e. The van der Waals surface area contributed by atoms with Gasteiger partial charge in [0.15, 0.2) is 0 Å². The van der Waals surface area contributed by atoms with Crippen molar-refractivity contribution in [3.05, 3.63) is 35.9 Å². The van der Waals surface area contributed by atoms with Gasteiger partial charge in [0, 0.05) is 19.1 Å². The second kappa shape index (κ2) is 5.43. The number of nitrogens with two attached hydrogens (primary N) is 1. The Bertz CT molecular complexity index is 315. The molecule has 2 rings (SSSR count). The molecule has 88 valence electrons.